The molecule has 0 aromatic carbocycles. The molecule has 1 aromatic rings. The predicted molar refractivity (Wildman–Crippen MR) is 69.3 cm³/mol. The highest BCUT2D eigenvalue weighted by Crippen LogP contribution is 2.23. The van der Waals surface area contributed by atoms with Crippen molar-refractivity contribution in [2.45, 2.75) is 51.8 Å². The Bertz CT molecular complexity index is 401. The van der Waals surface area contributed by atoms with Crippen molar-refractivity contribution in [3.05, 3.63) is 16.1 Å². The molecule has 1 aromatic heterocycles. The molecule has 0 spiro atoms. The van der Waals surface area contributed by atoms with Crippen LogP contribution in [0.25, 0.3) is 0 Å². The first-order chi connectivity index (χ1) is 9.35. The minimum absolute atomic E-state index is 0.184. The Morgan fingerprint density at radius 2 is 2.15 bits per heavy atom. The lowest BCUT2D eigenvalue weighted by molar-refractivity contribution is -0.168. The van der Waals surface area contributed by atoms with Gasteiger partial charge in [-0.1, -0.05) is 6.92 Å². The van der Waals surface area contributed by atoms with E-state index in [1.165, 1.54) is 11.3 Å². The highest BCUT2D eigenvalue weighted by atomic mass is 32.1. The molecule has 116 valence electrons. The largest absolute Gasteiger partial charge is 0.368 e. The molecule has 0 aliphatic carbocycles. The summed E-state index contributed by atoms with van der Waals surface area (Å²) in [5, 5.41) is 5.53. The number of alkyl halides is 4. The molecule has 1 N–H and O–H groups in total. The first-order valence-electron chi connectivity index (χ1n) is 6.25. The summed E-state index contributed by atoms with van der Waals surface area (Å²) in [4.78, 5) is 4.18. The summed E-state index contributed by atoms with van der Waals surface area (Å²) >= 11 is 1.26. The quantitative estimate of drug-likeness (QED) is 0.709. The Morgan fingerprint density at radius 1 is 1.45 bits per heavy atom. The van der Waals surface area contributed by atoms with E-state index in [9.17, 15) is 17.6 Å². The maximum atomic E-state index is 12.6. The van der Waals surface area contributed by atoms with E-state index in [1.54, 1.807) is 5.38 Å². The van der Waals surface area contributed by atoms with Crippen LogP contribution in [0.3, 0.4) is 0 Å². The van der Waals surface area contributed by atoms with Gasteiger partial charge < -0.3 is 10.1 Å². The maximum absolute atomic E-state index is 12.6. The van der Waals surface area contributed by atoms with Crippen molar-refractivity contribution in [2.75, 3.05) is 6.61 Å². The third-order valence-corrected chi connectivity index (χ3v) is 3.55. The molecule has 1 atom stereocenters. The van der Waals surface area contributed by atoms with Gasteiger partial charge in [0, 0.05) is 18.0 Å². The summed E-state index contributed by atoms with van der Waals surface area (Å²) < 4.78 is 53.6. The van der Waals surface area contributed by atoms with Crippen molar-refractivity contribution in [1.29, 1.82) is 0 Å². The molecular weight excluding hydrogens is 296 g/mol. The molecule has 0 amide bonds. The van der Waals surface area contributed by atoms with Crippen LogP contribution in [0.2, 0.25) is 0 Å². The molecule has 0 saturated carbocycles. The molecule has 1 heterocycles. The predicted octanol–water partition coefficient (Wildman–Crippen LogP) is 3.45. The van der Waals surface area contributed by atoms with Crippen molar-refractivity contribution < 1.29 is 22.3 Å². The topological polar surface area (TPSA) is 34.1 Å². The number of thiazole rings is 1. The van der Waals surface area contributed by atoms with Crippen LogP contribution < -0.4 is 5.32 Å². The van der Waals surface area contributed by atoms with Gasteiger partial charge in [0.25, 0.3) is 0 Å². The minimum atomic E-state index is -4.11. The van der Waals surface area contributed by atoms with E-state index in [2.05, 4.69) is 22.0 Å². The smallest absolute Gasteiger partial charge is 0.330 e. The van der Waals surface area contributed by atoms with E-state index in [0.29, 0.717) is 17.6 Å². The Kier molecular flexibility index (Phi) is 6.84. The third-order valence-electron chi connectivity index (χ3n) is 2.68. The summed E-state index contributed by atoms with van der Waals surface area (Å²) in [6, 6.07) is 0.362. The standard InChI is InChI=1S/C12H18F4N2OS/c1-3-8(2)17-4-9-6-20-10(18-9)5-19-7-12(15,16)11(13)14/h6,8,11,17H,3-5,7H2,1-2H3. The van der Waals surface area contributed by atoms with Crippen LogP contribution in [-0.4, -0.2) is 30.0 Å². The number of hydrogen-bond donors (Lipinski definition) is 1. The fourth-order valence-electron chi connectivity index (χ4n) is 1.26. The summed E-state index contributed by atoms with van der Waals surface area (Å²) in [7, 11) is 0. The van der Waals surface area contributed by atoms with Crippen LogP contribution in [-0.2, 0) is 17.9 Å². The van der Waals surface area contributed by atoms with Gasteiger partial charge in [-0.25, -0.2) is 13.8 Å². The number of rotatable bonds is 9. The molecule has 0 bridgehead atoms. The summed E-state index contributed by atoms with van der Waals surface area (Å²) in [5.41, 5.74) is 0.787. The van der Waals surface area contributed by atoms with Gasteiger partial charge in [-0.3, -0.25) is 0 Å². The van der Waals surface area contributed by atoms with E-state index < -0.39 is 19.0 Å². The van der Waals surface area contributed by atoms with E-state index in [-0.39, 0.29) is 6.61 Å². The first-order valence-corrected chi connectivity index (χ1v) is 7.13. The van der Waals surface area contributed by atoms with Crippen molar-refractivity contribution >= 4 is 11.3 Å². The molecular formula is C12H18F4N2OS. The highest BCUT2D eigenvalue weighted by Gasteiger charge is 2.40. The Hall–Kier alpha value is -0.730. The number of nitrogens with zero attached hydrogens (tertiary/aromatic N) is 1. The van der Waals surface area contributed by atoms with Gasteiger partial charge in [0.05, 0.1) is 12.3 Å². The lowest BCUT2D eigenvalue weighted by Crippen LogP contribution is -2.32. The van der Waals surface area contributed by atoms with Gasteiger partial charge in [0.1, 0.15) is 11.6 Å². The van der Waals surface area contributed by atoms with E-state index >= 15 is 0 Å². The lowest BCUT2D eigenvalue weighted by Gasteiger charge is -2.14. The zero-order valence-corrected chi connectivity index (χ0v) is 12.2. The SMILES string of the molecule is CCC(C)NCc1csc(COCC(F)(F)C(F)F)n1. The Labute approximate surface area is 119 Å². The number of hydrogen-bond acceptors (Lipinski definition) is 4. The second kappa shape index (κ2) is 7.90. The zero-order valence-electron chi connectivity index (χ0n) is 11.3. The van der Waals surface area contributed by atoms with Gasteiger partial charge in [0.2, 0.25) is 0 Å². The van der Waals surface area contributed by atoms with Crippen molar-refractivity contribution in [1.82, 2.24) is 10.3 Å². The fraction of sp³-hybridized carbons (Fsp3) is 0.750. The normalized spacial score (nSPS) is 13.9. The van der Waals surface area contributed by atoms with Gasteiger partial charge in [-0.15, -0.1) is 11.3 Å². The van der Waals surface area contributed by atoms with Crippen molar-refractivity contribution in [3.8, 4) is 0 Å². The van der Waals surface area contributed by atoms with Crippen LogP contribution in [0.4, 0.5) is 17.6 Å². The Morgan fingerprint density at radius 3 is 2.75 bits per heavy atom. The third kappa shape index (κ3) is 5.72. The van der Waals surface area contributed by atoms with E-state index in [4.69, 9.17) is 0 Å². The zero-order chi connectivity index (χ0) is 15.2. The summed E-state index contributed by atoms with van der Waals surface area (Å²) in [5.74, 6) is -4.11. The second-order valence-electron chi connectivity index (χ2n) is 4.48. The van der Waals surface area contributed by atoms with Crippen LogP contribution in [0.15, 0.2) is 5.38 Å². The molecule has 3 nitrogen and oxygen atoms in total. The van der Waals surface area contributed by atoms with Gasteiger partial charge in [0.15, 0.2) is 0 Å². The van der Waals surface area contributed by atoms with Gasteiger partial charge >= 0.3 is 12.3 Å². The monoisotopic (exact) mass is 314 g/mol. The van der Waals surface area contributed by atoms with Crippen LogP contribution in [0.1, 0.15) is 31.0 Å². The van der Waals surface area contributed by atoms with Crippen LogP contribution in [0.5, 0.6) is 0 Å². The molecule has 0 aliphatic rings. The molecule has 1 unspecified atom stereocenters. The summed E-state index contributed by atoms with van der Waals surface area (Å²) in [6.45, 7) is 3.20. The highest BCUT2D eigenvalue weighted by molar-refractivity contribution is 7.09. The number of aromatic nitrogens is 1. The fourth-order valence-corrected chi connectivity index (χ4v) is 1.99. The van der Waals surface area contributed by atoms with E-state index in [0.717, 1.165) is 12.1 Å². The molecule has 0 radical (unpaired) electrons. The van der Waals surface area contributed by atoms with Crippen LogP contribution >= 0.6 is 11.3 Å². The number of ether oxygens (including phenoxy) is 1. The maximum Gasteiger partial charge on any atom is 0.330 e. The molecule has 1 rings (SSSR count). The van der Waals surface area contributed by atoms with Gasteiger partial charge in [-0.2, -0.15) is 8.78 Å². The molecule has 20 heavy (non-hydrogen) atoms. The van der Waals surface area contributed by atoms with E-state index in [1.807, 2.05) is 6.92 Å². The molecule has 0 saturated heterocycles. The minimum Gasteiger partial charge on any atom is -0.368 e. The number of halogens is 4. The molecule has 0 aliphatic heterocycles. The molecule has 0 fully saturated rings. The van der Waals surface area contributed by atoms with Crippen molar-refractivity contribution in [2.24, 2.45) is 0 Å². The number of nitrogens with one attached hydrogen (secondary N) is 1. The average Bonchev–Trinajstić information content (AvgIpc) is 2.83. The first kappa shape index (κ1) is 17.3. The molecule has 8 heteroatoms. The lowest BCUT2D eigenvalue weighted by atomic mass is 10.2. The van der Waals surface area contributed by atoms with Crippen LogP contribution in [0, 0.1) is 0 Å². The Balaban J connectivity index is 2.34. The second-order valence-corrected chi connectivity index (χ2v) is 5.42. The van der Waals surface area contributed by atoms with Crippen molar-refractivity contribution in [3.63, 3.8) is 0 Å². The van der Waals surface area contributed by atoms with Gasteiger partial charge in [-0.05, 0) is 13.3 Å². The average molecular weight is 314 g/mol. The summed E-state index contributed by atoms with van der Waals surface area (Å²) in [6.07, 6.45) is -2.72.